The van der Waals surface area contributed by atoms with Gasteiger partial charge in [-0.3, -0.25) is 4.79 Å². The van der Waals surface area contributed by atoms with Gasteiger partial charge in [-0.2, -0.15) is 0 Å². The average Bonchev–Trinajstić information content (AvgIpc) is 2.34. The van der Waals surface area contributed by atoms with Gasteiger partial charge >= 0.3 is 0 Å². The van der Waals surface area contributed by atoms with Crippen molar-refractivity contribution in [3.8, 4) is 0 Å². The van der Waals surface area contributed by atoms with Crippen molar-refractivity contribution in [2.45, 2.75) is 25.7 Å². The lowest BCUT2D eigenvalue weighted by Crippen LogP contribution is -2.25. The molecule has 1 aromatic rings. The Labute approximate surface area is 107 Å². The highest BCUT2D eigenvalue weighted by molar-refractivity contribution is 6.30. The highest BCUT2D eigenvalue weighted by Gasteiger charge is 2.00. The van der Waals surface area contributed by atoms with Crippen molar-refractivity contribution in [1.82, 2.24) is 5.32 Å². The number of aryl methyl sites for hydroxylation is 1. The maximum atomic E-state index is 11.2. The van der Waals surface area contributed by atoms with Crippen molar-refractivity contribution in [3.05, 3.63) is 34.9 Å². The Morgan fingerprint density at radius 3 is 2.59 bits per heavy atom. The number of carbonyl (C=O) groups is 1. The molecule has 0 atom stereocenters. The topological polar surface area (TPSA) is 49.3 Å². The van der Waals surface area contributed by atoms with Crippen LogP contribution in [0.15, 0.2) is 24.3 Å². The molecule has 1 amide bonds. The molecule has 94 valence electrons. The van der Waals surface area contributed by atoms with Crippen molar-refractivity contribution in [3.63, 3.8) is 0 Å². The monoisotopic (exact) mass is 255 g/mol. The van der Waals surface area contributed by atoms with E-state index in [0.717, 1.165) is 24.3 Å². The summed E-state index contributed by atoms with van der Waals surface area (Å²) in [6.45, 7) is 0.340. The summed E-state index contributed by atoms with van der Waals surface area (Å²) in [7, 11) is 0. The molecule has 1 rings (SSSR count). The van der Waals surface area contributed by atoms with Crippen molar-refractivity contribution in [2.24, 2.45) is 0 Å². The Morgan fingerprint density at radius 1 is 1.24 bits per heavy atom. The molecule has 1 aromatic carbocycles. The minimum atomic E-state index is -0.00346. The third-order valence-corrected chi connectivity index (χ3v) is 2.72. The van der Waals surface area contributed by atoms with Crippen LogP contribution in [-0.4, -0.2) is 24.2 Å². The van der Waals surface area contributed by atoms with E-state index in [1.54, 1.807) is 0 Å². The SMILES string of the molecule is O=C(CCCCc1ccc(Cl)cc1)NCCO. The normalized spacial score (nSPS) is 10.2. The second-order valence-corrected chi connectivity index (χ2v) is 4.34. The van der Waals surface area contributed by atoms with E-state index >= 15 is 0 Å². The summed E-state index contributed by atoms with van der Waals surface area (Å²) in [6.07, 6.45) is 3.33. The van der Waals surface area contributed by atoms with Crippen LogP contribution in [0.25, 0.3) is 0 Å². The summed E-state index contributed by atoms with van der Waals surface area (Å²) in [5, 5.41) is 11.9. The van der Waals surface area contributed by atoms with Gasteiger partial charge in [-0.05, 0) is 37.0 Å². The highest BCUT2D eigenvalue weighted by atomic mass is 35.5. The van der Waals surface area contributed by atoms with Crippen LogP contribution in [0.3, 0.4) is 0 Å². The smallest absolute Gasteiger partial charge is 0.220 e. The van der Waals surface area contributed by atoms with E-state index in [1.807, 2.05) is 24.3 Å². The number of aliphatic hydroxyl groups excluding tert-OH is 1. The lowest BCUT2D eigenvalue weighted by molar-refractivity contribution is -0.121. The van der Waals surface area contributed by atoms with E-state index in [2.05, 4.69) is 5.32 Å². The van der Waals surface area contributed by atoms with Gasteiger partial charge < -0.3 is 10.4 Å². The standard InChI is InChI=1S/C13H18ClNO2/c14-12-7-5-11(6-8-12)3-1-2-4-13(17)15-9-10-16/h5-8,16H,1-4,9-10H2,(H,15,17). The van der Waals surface area contributed by atoms with Crippen molar-refractivity contribution >= 4 is 17.5 Å². The summed E-state index contributed by atoms with van der Waals surface area (Å²) in [4.78, 5) is 11.2. The van der Waals surface area contributed by atoms with Gasteiger partial charge in [0.25, 0.3) is 0 Å². The predicted octanol–water partition coefficient (Wildman–Crippen LogP) is 2.16. The molecule has 0 saturated heterocycles. The molecule has 0 bridgehead atoms. The molecule has 0 heterocycles. The lowest BCUT2D eigenvalue weighted by Gasteiger charge is -2.03. The van der Waals surface area contributed by atoms with Gasteiger partial charge in [0.15, 0.2) is 0 Å². The fraction of sp³-hybridized carbons (Fsp3) is 0.462. The van der Waals surface area contributed by atoms with Gasteiger partial charge in [0.2, 0.25) is 5.91 Å². The molecular formula is C13H18ClNO2. The first-order chi connectivity index (χ1) is 8.22. The number of nitrogens with one attached hydrogen (secondary N) is 1. The molecule has 2 N–H and O–H groups in total. The summed E-state index contributed by atoms with van der Waals surface area (Å²) in [6, 6.07) is 7.78. The number of rotatable bonds is 7. The second-order valence-electron chi connectivity index (χ2n) is 3.91. The van der Waals surface area contributed by atoms with Crippen LogP contribution in [0.2, 0.25) is 5.02 Å². The number of benzene rings is 1. The molecule has 17 heavy (non-hydrogen) atoms. The molecule has 4 heteroatoms. The van der Waals surface area contributed by atoms with Crippen LogP contribution in [0.5, 0.6) is 0 Å². The Hall–Kier alpha value is -1.06. The molecule has 0 aliphatic carbocycles. The Balaban J connectivity index is 2.11. The van der Waals surface area contributed by atoms with Crippen LogP contribution >= 0.6 is 11.6 Å². The molecule has 0 unspecified atom stereocenters. The van der Waals surface area contributed by atoms with Crippen LogP contribution in [-0.2, 0) is 11.2 Å². The van der Waals surface area contributed by atoms with E-state index in [0.29, 0.717) is 13.0 Å². The van der Waals surface area contributed by atoms with E-state index in [9.17, 15) is 4.79 Å². The minimum absolute atomic E-state index is 0.00346. The fourth-order valence-corrected chi connectivity index (χ4v) is 1.68. The summed E-state index contributed by atoms with van der Waals surface area (Å²) in [5.74, 6) is 0.00940. The van der Waals surface area contributed by atoms with Crippen molar-refractivity contribution in [2.75, 3.05) is 13.2 Å². The molecular weight excluding hydrogens is 238 g/mol. The Bertz CT molecular complexity index is 338. The number of hydrogen-bond donors (Lipinski definition) is 2. The number of aliphatic hydroxyl groups is 1. The molecule has 0 radical (unpaired) electrons. The van der Waals surface area contributed by atoms with Crippen molar-refractivity contribution < 1.29 is 9.90 Å². The van der Waals surface area contributed by atoms with E-state index in [1.165, 1.54) is 5.56 Å². The molecule has 0 saturated carbocycles. The largest absolute Gasteiger partial charge is 0.395 e. The van der Waals surface area contributed by atoms with Crippen molar-refractivity contribution in [1.29, 1.82) is 0 Å². The van der Waals surface area contributed by atoms with Gasteiger partial charge in [-0.1, -0.05) is 23.7 Å². The predicted molar refractivity (Wildman–Crippen MR) is 69.1 cm³/mol. The van der Waals surface area contributed by atoms with E-state index in [4.69, 9.17) is 16.7 Å². The average molecular weight is 256 g/mol. The van der Waals surface area contributed by atoms with Crippen LogP contribution in [0.1, 0.15) is 24.8 Å². The van der Waals surface area contributed by atoms with Gasteiger partial charge in [0, 0.05) is 18.0 Å². The molecule has 0 aliphatic heterocycles. The Morgan fingerprint density at radius 2 is 1.94 bits per heavy atom. The molecule has 0 fully saturated rings. The van der Waals surface area contributed by atoms with Crippen LogP contribution in [0, 0.1) is 0 Å². The van der Waals surface area contributed by atoms with E-state index in [-0.39, 0.29) is 12.5 Å². The quantitative estimate of drug-likeness (QED) is 0.734. The number of halogens is 1. The summed E-state index contributed by atoms with van der Waals surface area (Å²) < 4.78 is 0. The number of carbonyl (C=O) groups excluding carboxylic acids is 1. The second kappa shape index (κ2) is 8.09. The number of unbranched alkanes of at least 4 members (excludes halogenated alkanes) is 1. The van der Waals surface area contributed by atoms with Gasteiger partial charge in [0.05, 0.1) is 6.61 Å². The van der Waals surface area contributed by atoms with Crippen LogP contribution < -0.4 is 5.32 Å². The first-order valence-electron chi connectivity index (χ1n) is 5.84. The zero-order chi connectivity index (χ0) is 12.5. The number of hydrogen-bond acceptors (Lipinski definition) is 2. The summed E-state index contributed by atoms with van der Waals surface area (Å²) >= 11 is 5.79. The maximum absolute atomic E-state index is 11.2. The zero-order valence-electron chi connectivity index (χ0n) is 9.79. The highest BCUT2D eigenvalue weighted by Crippen LogP contribution is 2.12. The van der Waals surface area contributed by atoms with Gasteiger partial charge in [0.1, 0.15) is 0 Å². The third kappa shape index (κ3) is 6.29. The lowest BCUT2D eigenvalue weighted by atomic mass is 10.1. The molecule has 3 nitrogen and oxygen atoms in total. The minimum Gasteiger partial charge on any atom is -0.395 e. The van der Waals surface area contributed by atoms with Gasteiger partial charge in [-0.25, -0.2) is 0 Å². The third-order valence-electron chi connectivity index (χ3n) is 2.47. The first kappa shape index (κ1) is 14.0. The van der Waals surface area contributed by atoms with Gasteiger partial charge in [-0.15, -0.1) is 0 Å². The molecule has 0 aromatic heterocycles. The molecule has 0 aliphatic rings. The summed E-state index contributed by atoms with van der Waals surface area (Å²) in [5.41, 5.74) is 1.24. The maximum Gasteiger partial charge on any atom is 0.220 e. The van der Waals surface area contributed by atoms with E-state index < -0.39 is 0 Å². The van der Waals surface area contributed by atoms with Crippen LogP contribution in [0.4, 0.5) is 0 Å². The Kier molecular flexibility index (Phi) is 6.67. The molecule has 0 spiro atoms. The number of amides is 1. The fourth-order valence-electron chi connectivity index (χ4n) is 1.55. The zero-order valence-corrected chi connectivity index (χ0v) is 10.5. The first-order valence-corrected chi connectivity index (χ1v) is 6.22.